The molecule has 0 saturated carbocycles. The van der Waals surface area contributed by atoms with Gasteiger partial charge >= 0.3 is 0 Å². The van der Waals surface area contributed by atoms with E-state index in [-0.39, 0.29) is 0 Å². The zero-order chi connectivity index (χ0) is 6.57. The maximum atomic E-state index is 8.74. The molecule has 8 heavy (non-hydrogen) atoms. The lowest BCUT2D eigenvalue weighted by atomic mass is 10.4. The third-order valence-electron chi connectivity index (χ3n) is 0.905. The molecule has 1 N–H and O–H groups in total. The van der Waals surface area contributed by atoms with Crippen LogP contribution in [-0.2, 0) is 0 Å². The third kappa shape index (κ3) is 1.80. The Hall–Kier alpha value is -0.760. The van der Waals surface area contributed by atoms with Gasteiger partial charge in [0.2, 0.25) is 0 Å². The van der Waals surface area contributed by atoms with Gasteiger partial charge in [-0.3, -0.25) is 5.21 Å². The standard InChI is InChI=1S/C6H11NO/c1-4-6(3)7(8)5-2/h5,8H,2-4H2,1H3. The average molecular weight is 113 g/mol. The quantitative estimate of drug-likeness (QED) is 0.563. The van der Waals surface area contributed by atoms with E-state index in [0.29, 0.717) is 5.70 Å². The lowest BCUT2D eigenvalue weighted by Crippen LogP contribution is -2.07. The Morgan fingerprint density at radius 3 is 2.50 bits per heavy atom. The first-order chi connectivity index (χ1) is 3.72. The predicted octanol–water partition coefficient (Wildman–Crippen LogP) is 1.74. The average Bonchev–Trinajstić information content (AvgIpc) is 1.84. The summed E-state index contributed by atoms with van der Waals surface area (Å²) >= 11 is 0. The normalized spacial score (nSPS) is 8.25. The zero-order valence-electron chi connectivity index (χ0n) is 5.09. The molecule has 2 nitrogen and oxygen atoms in total. The highest BCUT2D eigenvalue weighted by atomic mass is 16.5. The van der Waals surface area contributed by atoms with Crippen molar-refractivity contribution in [1.29, 1.82) is 0 Å². The summed E-state index contributed by atoms with van der Waals surface area (Å²) in [6, 6.07) is 0. The van der Waals surface area contributed by atoms with Crippen LogP contribution >= 0.6 is 0 Å². The van der Waals surface area contributed by atoms with E-state index in [2.05, 4.69) is 13.2 Å². The SMILES string of the molecule is C=CN(O)C(=C)CC. The zero-order valence-corrected chi connectivity index (χ0v) is 5.09. The summed E-state index contributed by atoms with van der Waals surface area (Å²) in [5, 5.41) is 9.66. The molecule has 0 aromatic rings. The lowest BCUT2D eigenvalue weighted by molar-refractivity contribution is -0.00567. The minimum absolute atomic E-state index is 0.653. The minimum atomic E-state index is 0.653. The molecule has 0 radical (unpaired) electrons. The second-order valence-corrected chi connectivity index (χ2v) is 1.45. The molecule has 0 heterocycles. The molecule has 0 fully saturated rings. The summed E-state index contributed by atoms with van der Waals surface area (Å²) < 4.78 is 0. The second-order valence-electron chi connectivity index (χ2n) is 1.45. The fraction of sp³-hybridized carbons (Fsp3) is 0.333. The van der Waals surface area contributed by atoms with Crippen molar-refractivity contribution in [3.05, 3.63) is 25.1 Å². The molecular formula is C6H11NO. The monoisotopic (exact) mass is 113 g/mol. The van der Waals surface area contributed by atoms with Gasteiger partial charge in [-0.2, -0.15) is 0 Å². The van der Waals surface area contributed by atoms with Crippen LogP contribution in [0.1, 0.15) is 13.3 Å². The second kappa shape index (κ2) is 3.27. The molecular weight excluding hydrogens is 102 g/mol. The van der Waals surface area contributed by atoms with E-state index in [1.54, 1.807) is 0 Å². The summed E-state index contributed by atoms with van der Waals surface area (Å²) in [4.78, 5) is 0. The minimum Gasteiger partial charge on any atom is -0.284 e. The predicted molar refractivity (Wildman–Crippen MR) is 33.3 cm³/mol. The van der Waals surface area contributed by atoms with E-state index in [9.17, 15) is 0 Å². The molecule has 0 rings (SSSR count). The van der Waals surface area contributed by atoms with Crippen LogP contribution in [0.25, 0.3) is 0 Å². The molecule has 0 atom stereocenters. The first-order valence-electron chi connectivity index (χ1n) is 2.50. The number of rotatable bonds is 3. The highest BCUT2D eigenvalue weighted by Crippen LogP contribution is 2.00. The van der Waals surface area contributed by atoms with Crippen LogP contribution < -0.4 is 0 Å². The summed E-state index contributed by atoms with van der Waals surface area (Å²) in [5.74, 6) is 0. The fourth-order valence-corrected chi connectivity index (χ4v) is 0.291. The van der Waals surface area contributed by atoms with Crippen molar-refractivity contribution >= 4 is 0 Å². The maximum Gasteiger partial charge on any atom is 0.0385 e. The number of hydrogen-bond acceptors (Lipinski definition) is 2. The molecule has 0 spiro atoms. The van der Waals surface area contributed by atoms with E-state index in [0.717, 1.165) is 11.5 Å². The van der Waals surface area contributed by atoms with Gasteiger partial charge in [0.25, 0.3) is 0 Å². The van der Waals surface area contributed by atoms with E-state index in [4.69, 9.17) is 5.21 Å². The number of hydroxylamine groups is 2. The Balaban J connectivity index is 3.62. The first kappa shape index (κ1) is 7.24. The van der Waals surface area contributed by atoms with E-state index in [1.165, 1.54) is 6.20 Å². The molecule has 0 unspecified atom stereocenters. The number of nitrogens with zero attached hydrogens (tertiary/aromatic N) is 1. The molecule has 2 heteroatoms. The maximum absolute atomic E-state index is 8.74. The molecule has 0 aromatic carbocycles. The molecule has 0 amide bonds. The largest absolute Gasteiger partial charge is 0.284 e. The highest BCUT2D eigenvalue weighted by molar-refractivity contribution is 4.91. The Kier molecular flexibility index (Phi) is 2.96. The van der Waals surface area contributed by atoms with Crippen LogP contribution in [0, 0.1) is 0 Å². The van der Waals surface area contributed by atoms with Gasteiger partial charge in [-0.1, -0.05) is 20.1 Å². The molecule has 46 valence electrons. The Bertz CT molecular complexity index is 98.7. The topological polar surface area (TPSA) is 23.5 Å². The Morgan fingerprint density at radius 2 is 2.38 bits per heavy atom. The first-order valence-corrected chi connectivity index (χ1v) is 2.50. The molecule has 0 saturated heterocycles. The van der Waals surface area contributed by atoms with Gasteiger partial charge < -0.3 is 0 Å². The Labute approximate surface area is 49.7 Å². The summed E-state index contributed by atoms with van der Waals surface area (Å²) in [5.41, 5.74) is 0.653. The van der Waals surface area contributed by atoms with Crippen LogP contribution in [0.15, 0.2) is 25.1 Å². The summed E-state index contributed by atoms with van der Waals surface area (Å²) in [7, 11) is 0. The molecule has 0 aromatic heterocycles. The smallest absolute Gasteiger partial charge is 0.0385 e. The van der Waals surface area contributed by atoms with Crippen LogP contribution in [-0.4, -0.2) is 10.3 Å². The van der Waals surface area contributed by atoms with Crippen molar-refractivity contribution in [2.45, 2.75) is 13.3 Å². The van der Waals surface area contributed by atoms with Crippen molar-refractivity contribution in [1.82, 2.24) is 5.06 Å². The third-order valence-corrected chi connectivity index (χ3v) is 0.905. The summed E-state index contributed by atoms with van der Waals surface area (Å²) in [6.07, 6.45) is 2.05. The van der Waals surface area contributed by atoms with Crippen LogP contribution in [0.4, 0.5) is 0 Å². The van der Waals surface area contributed by atoms with Crippen molar-refractivity contribution in [2.75, 3.05) is 0 Å². The van der Waals surface area contributed by atoms with E-state index < -0.39 is 0 Å². The number of hydrogen-bond donors (Lipinski definition) is 1. The van der Waals surface area contributed by atoms with Crippen molar-refractivity contribution in [2.24, 2.45) is 0 Å². The molecule has 0 aliphatic carbocycles. The van der Waals surface area contributed by atoms with E-state index in [1.807, 2.05) is 6.92 Å². The molecule has 0 bridgehead atoms. The number of allylic oxidation sites excluding steroid dienone is 1. The Morgan fingerprint density at radius 1 is 1.88 bits per heavy atom. The van der Waals surface area contributed by atoms with Gasteiger partial charge in [0.15, 0.2) is 0 Å². The van der Waals surface area contributed by atoms with Gasteiger partial charge in [-0.05, 0) is 6.42 Å². The van der Waals surface area contributed by atoms with Crippen LogP contribution in [0.5, 0.6) is 0 Å². The van der Waals surface area contributed by atoms with Gasteiger partial charge in [0, 0.05) is 11.9 Å². The van der Waals surface area contributed by atoms with E-state index >= 15 is 0 Å². The van der Waals surface area contributed by atoms with Crippen molar-refractivity contribution in [3.8, 4) is 0 Å². The lowest BCUT2D eigenvalue weighted by Gasteiger charge is -2.10. The molecule has 0 aliphatic rings. The van der Waals surface area contributed by atoms with Crippen molar-refractivity contribution < 1.29 is 5.21 Å². The highest BCUT2D eigenvalue weighted by Gasteiger charge is 1.92. The van der Waals surface area contributed by atoms with Crippen molar-refractivity contribution in [3.63, 3.8) is 0 Å². The summed E-state index contributed by atoms with van der Waals surface area (Å²) in [6.45, 7) is 8.81. The van der Waals surface area contributed by atoms with Gasteiger partial charge in [-0.25, -0.2) is 5.06 Å². The molecule has 0 aliphatic heterocycles. The fourth-order valence-electron chi connectivity index (χ4n) is 0.291. The van der Waals surface area contributed by atoms with Gasteiger partial charge in [0.05, 0.1) is 0 Å². The van der Waals surface area contributed by atoms with Gasteiger partial charge in [0.1, 0.15) is 0 Å². The van der Waals surface area contributed by atoms with Crippen LogP contribution in [0.3, 0.4) is 0 Å². The van der Waals surface area contributed by atoms with Gasteiger partial charge in [-0.15, -0.1) is 0 Å². The van der Waals surface area contributed by atoms with Crippen LogP contribution in [0.2, 0.25) is 0 Å².